The average Bonchev–Trinajstić information content (AvgIpc) is 3.82. The summed E-state index contributed by atoms with van der Waals surface area (Å²) in [7, 11) is 0. The Labute approximate surface area is 373 Å². The van der Waals surface area contributed by atoms with Crippen LogP contribution < -0.4 is 0 Å². The van der Waals surface area contributed by atoms with Crippen LogP contribution in [0, 0.1) is 5.92 Å². The summed E-state index contributed by atoms with van der Waals surface area (Å²) in [6.45, 7) is 4.45. The maximum atomic E-state index is 5.18. The van der Waals surface area contributed by atoms with Gasteiger partial charge in [-0.3, -0.25) is 0 Å². The standard InChI is InChI=1S/C61H43N3/c1-3-4-21-51-50-26-11-14-31-56(50)61(54-29-12-9-24-48(54)49-25-10-13-30-55(49)61)57(51)45-37-36-44(38-39(45)2)40-32-34-43(35-33-40)58-62-59(52-27-15-19-41-17-5-7-22-46(41)52)64-60(63-58)53-28-16-20-42-18-6-8-23-47(42)53/h3-39H,1-2H3/b4-3-,51-21+,57-45-. The molecule has 1 heterocycles. The first-order valence-corrected chi connectivity index (χ1v) is 22.2. The van der Waals surface area contributed by atoms with Crippen molar-refractivity contribution in [2.24, 2.45) is 5.92 Å². The molecule has 12 rings (SSSR count). The van der Waals surface area contributed by atoms with E-state index in [9.17, 15) is 0 Å². The van der Waals surface area contributed by atoms with Gasteiger partial charge in [-0.2, -0.15) is 0 Å². The third kappa shape index (κ3) is 5.78. The second-order valence-electron chi connectivity index (χ2n) is 17.0. The minimum absolute atomic E-state index is 0.143. The number of hydrogen-bond donors (Lipinski definition) is 0. The molecule has 302 valence electrons. The van der Waals surface area contributed by atoms with E-state index in [1.807, 2.05) is 0 Å². The lowest BCUT2D eigenvalue weighted by Crippen LogP contribution is -2.28. The summed E-state index contributed by atoms with van der Waals surface area (Å²) in [5, 5.41) is 4.52. The summed E-state index contributed by atoms with van der Waals surface area (Å²) in [5.41, 5.74) is 16.8. The molecule has 8 aromatic carbocycles. The minimum atomic E-state index is -0.432. The van der Waals surface area contributed by atoms with Crippen molar-refractivity contribution >= 4 is 32.7 Å². The van der Waals surface area contributed by atoms with E-state index in [1.54, 1.807) is 0 Å². The maximum absolute atomic E-state index is 5.18. The van der Waals surface area contributed by atoms with Crippen LogP contribution >= 0.6 is 0 Å². The Morgan fingerprint density at radius 2 is 0.922 bits per heavy atom. The molecule has 0 N–H and O–H groups in total. The van der Waals surface area contributed by atoms with Gasteiger partial charge in [0.25, 0.3) is 0 Å². The highest BCUT2D eigenvalue weighted by Gasteiger charge is 2.54. The molecular weight excluding hydrogens is 775 g/mol. The van der Waals surface area contributed by atoms with Crippen molar-refractivity contribution in [3.63, 3.8) is 0 Å². The maximum Gasteiger partial charge on any atom is 0.164 e. The molecular formula is C61H43N3. The van der Waals surface area contributed by atoms with Gasteiger partial charge in [0.05, 0.1) is 5.41 Å². The Morgan fingerprint density at radius 1 is 0.453 bits per heavy atom. The van der Waals surface area contributed by atoms with Gasteiger partial charge in [-0.15, -0.1) is 0 Å². The van der Waals surface area contributed by atoms with E-state index in [0.29, 0.717) is 17.5 Å². The van der Waals surface area contributed by atoms with E-state index in [1.165, 1.54) is 55.7 Å². The number of benzene rings is 8. The molecule has 0 saturated heterocycles. The quantitative estimate of drug-likeness (QED) is 0.174. The lowest BCUT2D eigenvalue weighted by atomic mass is 9.67. The highest BCUT2D eigenvalue weighted by molar-refractivity contribution is 6.02. The van der Waals surface area contributed by atoms with Crippen molar-refractivity contribution in [2.45, 2.75) is 19.3 Å². The lowest BCUT2D eigenvalue weighted by molar-refractivity contribution is 0.758. The fourth-order valence-corrected chi connectivity index (χ4v) is 10.7. The van der Waals surface area contributed by atoms with Gasteiger partial charge >= 0.3 is 0 Å². The zero-order valence-electron chi connectivity index (χ0n) is 35.7. The van der Waals surface area contributed by atoms with E-state index in [-0.39, 0.29) is 5.92 Å². The average molecular weight is 818 g/mol. The molecule has 0 bridgehead atoms. The Morgan fingerprint density at radius 3 is 1.50 bits per heavy atom. The van der Waals surface area contributed by atoms with Gasteiger partial charge in [-0.25, -0.2) is 15.0 Å². The summed E-state index contributed by atoms with van der Waals surface area (Å²) < 4.78 is 0. The summed E-state index contributed by atoms with van der Waals surface area (Å²) in [6, 6.07) is 65.4. The van der Waals surface area contributed by atoms with Crippen LogP contribution in [-0.2, 0) is 5.41 Å². The number of nitrogens with zero attached hydrogens (tertiary/aromatic N) is 3. The largest absolute Gasteiger partial charge is 0.208 e. The number of aromatic nitrogens is 3. The van der Waals surface area contributed by atoms with Gasteiger partial charge in [-0.05, 0) is 89.7 Å². The Hall–Kier alpha value is -8.01. The van der Waals surface area contributed by atoms with Crippen LogP contribution in [0.1, 0.15) is 41.7 Å². The number of fused-ring (bicyclic) bond motifs is 9. The fourth-order valence-electron chi connectivity index (χ4n) is 10.7. The number of hydrogen-bond acceptors (Lipinski definition) is 3. The van der Waals surface area contributed by atoms with Crippen molar-refractivity contribution in [3.05, 3.63) is 257 Å². The smallest absolute Gasteiger partial charge is 0.164 e. The normalized spacial score (nSPS) is 17.6. The molecule has 0 fully saturated rings. The molecule has 1 aromatic heterocycles. The molecule has 3 nitrogen and oxygen atoms in total. The van der Waals surface area contributed by atoms with Crippen LogP contribution in [0.25, 0.3) is 78.0 Å². The molecule has 1 unspecified atom stereocenters. The minimum Gasteiger partial charge on any atom is -0.208 e. The molecule has 3 aliphatic rings. The molecule has 3 heteroatoms. The molecule has 0 aliphatic heterocycles. The van der Waals surface area contributed by atoms with Crippen molar-refractivity contribution in [1.29, 1.82) is 0 Å². The number of rotatable bonds is 5. The topological polar surface area (TPSA) is 38.7 Å². The lowest BCUT2D eigenvalue weighted by Gasteiger charge is -2.34. The zero-order chi connectivity index (χ0) is 42.8. The highest BCUT2D eigenvalue weighted by atomic mass is 15.0. The van der Waals surface area contributed by atoms with Gasteiger partial charge in [0.2, 0.25) is 0 Å². The Kier molecular flexibility index (Phi) is 8.91. The number of allylic oxidation sites excluding steroid dienone is 10. The van der Waals surface area contributed by atoms with E-state index >= 15 is 0 Å². The van der Waals surface area contributed by atoms with Gasteiger partial charge < -0.3 is 0 Å². The first-order valence-electron chi connectivity index (χ1n) is 22.2. The van der Waals surface area contributed by atoms with Gasteiger partial charge in [0.1, 0.15) is 0 Å². The van der Waals surface area contributed by atoms with Gasteiger partial charge in [0.15, 0.2) is 17.5 Å². The first kappa shape index (κ1) is 37.7. The van der Waals surface area contributed by atoms with Crippen molar-refractivity contribution in [2.75, 3.05) is 0 Å². The third-order valence-corrected chi connectivity index (χ3v) is 13.5. The molecule has 3 aliphatic carbocycles. The molecule has 0 amide bonds. The molecule has 64 heavy (non-hydrogen) atoms. The van der Waals surface area contributed by atoms with Crippen LogP contribution in [0.2, 0.25) is 0 Å². The fraction of sp³-hybridized carbons (Fsp3) is 0.0656. The van der Waals surface area contributed by atoms with Crippen LogP contribution in [0.3, 0.4) is 0 Å². The van der Waals surface area contributed by atoms with Crippen LogP contribution in [-0.4, -0.2) is 15.0 Å². The summed E-state index contributed by atoms with van der Waals surface area (Å²) in [6.07, 6.45) is 13.8. The Balaban J connectivity index is 0.968. The van der Waals surface area contributed by atoms with Gasteiger partial charge in [-0.1, -0.05) is 225 Å². The monoisotopic (exact) mass is 817 g/mol. The summed E-state index contributed by atoms with van der Waals surface area (Å²) in [5.74, 6) is 2.10. The predicted molar refractivity (Wildman–Crippen MR) is 265 cm³/mol. The Bertz CT molecular complexity index is 3370. The SMILES string of the molecule is C\C=C/C=C1/C(=C2\C=CC(c3ccc(-c4nc(-c5cccc6ccccc56)nc(-c5cccc6ccccc56)n4)cc3)=CC2C)C2(c3ccccc31)c1ccccc1-c1ccccc12. The van der Waals surface area contributed by atoms with Crippen molar-refractivity contribution in [1.82, 2.24) is 15.0 Å². The second kappa shape index (κ2) is 15.1. The molecule has 9 aromatic rings. The molecule has 1 atom stereocenters. The van der Waals surface area contributed by atoms with E-state index in [4.69, 9.17) is 15.0 Å². The summed E-state index contributed by atoms with van der Waals surface area (Å²) in [4.78, 5) is 15.5. The summed E-state index contributed by atoms with van der Waals surface area (Å²) >= 11 is 0. The molecule has 1 spiro atoms. The predicted octanol–water partition coefficient (Wildman–Crippen LogP) is 15.1. The van der Waals surface area contributed by atoms with E-state index in [0.717, 1.165) is 43.8 Å². The van der Waals surface area contributed by atoms with E-state index in [2.05, 4.69) is 232 Å². The van der Waals surface area contributed by atoms with Crippen LogP contribution in [0.5, 0.6) is 0 Å². The molecule has 0 saturated carbocycles. The second-order valence-corrected chi connectivity index (χ2v) is 17.0. The van der Waals surface area contributed by atoms with Gasteiger partial charge in [0, 0.05) is 22.6 Å². The zero-order valence-corrected chi connectivity index (χ0v) is 35.7. The van der Waals surface area contributed by atoms with Crippen molar-refractivity contribution < 1.29 is 0 Å². The van der Waals surface area contributed by atoms with Crippen LogP contribution in [0.4, 0.5) is 0 Å². The van der Waals surface area contributed by atoms with Crippen molar-refractivity contribution in [3.8, 4) is 45.3 Å². The highest BCUT2D eigenvalue weighted by Crippen LogP contribution is 2.65. The third-order valence-electron chi connectivity index (χ3n) is 13.5. The van der Waals surface area contributed by atoms with E-state index < -0.39 is 5.41 Å². The first-order chi connectivity index (χ1) is 31.6. The van der Waals surface area contributed by atoms with Crippen LogP contribution in [0.15, 0.2) is 230 Å². The molecule has 0 radical (unpaired) electrons.